The van der Waals surface area contributed by atoms with E-state index in [4.69, 9.17) is 9.84 Å². The van der Waals surface area contributed by atoms with Crippen molar-refractivity contribution >= 4 is 28.2 Å². The molecule has 28 heavy (non-hydrogen) atoms. The van der Waals surface area contributed by atoms with Crippen LogP contribution in [0.5, 0.6) is 5.75 Å². The van der Waals surface area contributed by atoms with Crippen molar-refractivity contribution in [3.63, 3.8) is 0 Å². The molecule has 3 N–H and O–H groups in total. The molecule has 0 radical (unpaired) electrons. The highest BCUT2D eigenvalue weighted by Crippen LogP contribution is 2.29. The molecular weight excluding hydrogens is 362 g/mol. The summed E-state index contributed by atoms with van der Waals surface area (Å²) in [4.78, 5) is 19.5. The van der Waals surface area contributed by atoms with Crippen LogP contribution >= 0.6 is 0 Å². The van der Waals surface area contributed by atoms with E-state index in [-0.39, 0.29) is 18.9 Å². The molecule has 0 spiro atoms. The van der Waals surface area contributed by atoms with Gasteiger partial charge in [0.25, 0.3) is 5.69 Å². The number of fused-ring (bicyclic) bond motifs is 1. The van der Waals surface area contributed by atoms with Crippen LogP contribution in [0.2, 0.25) is 0 Å². The maximum Gasteiger partial charge on any atom is 0.293 e. The van der Waals surface area contributed by atoms with Gasteiger partial charge in [-0.15, -0.1) is 0 Å². The zero-order chi connectivity index (χ0) is 19.9. The van der Waals surface area contributed by atoms with Gasteiger partial charge in [-0.25, -0.2) is 9.97 Å². The van der Waals surface area contributed by atoms with Gasteiger partial charge in [-0.05, 0) is 19.1 Å². The number of nitrogens with one attached hydrogen (secondary N) is 2. The Morgan fingerprint density at radius 3 is 2.82 bits per heavy atom. The summed E-state index contributed by atoms with van der Waals surface area (Å²) in [6.45, 7) is 3.02. The Morgan fingerprint density at radius 1 is 1.25 bits per heavy atom. The second kappa shape index (κ2) is 8.96. The highest BCUT2D eigenvalue weighted by atomic mass is 16.6. The fourth-order valence-electron chi connectivity index (χ4n) is 2.76. The first-order chi connectivity index (χ1) is 13.6. The standard InChI is InChI=1S/C19H21N5O4/c1-2-20-16-10-15-14(9-17(16)24(26)27)12-22-19(23-15)21-11-13-5-3-4-6-18(13)28-8-7-25/h3-6,9-10,12,20,25H,2,7-8,11H2,1H3,(H,21,22,23). The number of hydrogen-bond acceptors (Lipinski definition) is 8. The van der Waals surface area contributed by atoms with Gasteiger partial charge >= 0.3 is 0 Å². The SMILES string of the molecule is CCNc1cc2nc(NCc3ccccc3OCCO)ncc2cc1[N+](=O)[O-]. The van der Waals surface area contributed by atoms with Crippen LogP contribution in [0, 0.1) is 10.1 Å². The van der Waals surface area contributed by atoms with Gasteiger partial charge in [0.1, 0.15) is 18.0 Å². The first-order valence-electron chi connectivity index (χ1n) is 8.87. The molecule has 0 bridgehead atoms. The summed E-state index contributed by atoms with van der Waals surface area (Å²) in [5.41, 5.74) is 1.92. The number of aliphatic hydroxyl groups is 1. The summed E-state index contributed by atoms with van der Waals surface area (Å²) in [5, 5.41) is 26.9. The Balaban J connectivity index is 1.83. The number of aromatic nitrogens is 2. The molecule has 2 aromatic carbocycles. The normalized spacial score (nSPS) is 10.6. The average molecular weight is 383 g/mol. The van der Waals surface area contributed by atoms with E-state index >= 15 is 0 Å². The number of benzene rings is 2. The molecule has 3 rings (SSSR count). The molecule has 146 valence electrons. The van der Waals surface area contributed by atoms with Gasteiger partial charge in [0.15, 0.2) is 0 Å². The molecule has 0 aliphatic carbocycles. The zero-order valence-corrected chi connectivity index (χ0v) is 15.4. The number of rotatable bonds is 9. The lowest BCUT2D eigenvalue weighted by molar-refractivity contribution is -0.383. The molecule has 0 aliphatic rings. The average Bonchev–Trinajstić information content (AvgIpc) is 2.70. The Labute approximate surface area is 161 Å². The number of nitrogens with zero attached hydrogens (tertiary/aromatic N) is 3. The number of anilines is 2. The second-order valence-corrected chi connectivity index (χ2v) is 5.94. The van der Waals surface area contributed by atoms with E-state index in [0.717, 1.165) is 5.56 Å². The molecule has 0 fully saturated rings. The van der Waals surface area contributed by atoms with E-state index in [1.807, 2.05) is 31.2 Å². The maximum absolute atomic E-state index is 11.3. The van der Waals surface area contributed by atoms with Gasteiger partial charge < -0.3 is 20.5 Å². The minimum Gasteiger partial charge on any atom is -0.491 e. The summed E-state index contributed by atoms with van der Waals surface area (Å²) >= 11 is 0. The third-order valence-electron chi connectivity index (χ3n) is 4.02. The summed E-state index contributed by atoms with van der Waals surface area (Å²) < 4.78 is 5.52. The van der Waals surface area contributed by atoms with Crippen molar-refractivity contribution in [1.29, 1.82) is 0 Å². The number of nitro benzene ring substituents is 1. The fraction of sp³-hybridized carbons (Fsp3) is 0.263. The fourth-order valence-corrected chi connectivity index (χ4v) is 2.76. The molecule has 0 unspecified atom stereocenters. The number of nitro groups is 1. The molecule has 0 saturated carbocycles. The van der Waals surface area contributed by atoms with E-state index in [0.29, 0.717) is 41.4 Å². The first-order valence-corrected chi connectivity index (χ1v) is 8.87. The summed E-state index contributed by atoms with van der Waals surface area (Å²) in [6.07, 6.45) is 1.56. The van der Waals surface area contributed by atoms with E-state index in [1.54, 1.807) is 12.3 Å². The molecule has 1 aromatic heterocycles. The molecule has 0 aliphatic heterocycles. The van der Waals surface area contributed by atoms with Crippen molar-refractivity contribution in [1.82, 2.24) is 9.97 Å². The van der Waals surface area contributed by atoms with E-state index < -0.39 is 4.92 Å². The van der Waals surface area contributed by atoms with Gasteiger partial charge in [0, 0.05) is 36.3 Å². The van der Waals surface area contributed by atoms with Crippen LogP contribution in [-0.4, -0.2) is 39.8 Å². The molecule has 9 nitrogen and oxygen atoms in total. The van der Waals surface area contributed by atoms with Gasteiger partial charge in [0.2, 0.25) is 5.95 Å². The van der Waals surface area contributed by atoms with Crippen LogP contribution < -0.4 is 15.4 Å². The minimum atomic E-state index is -0.424. The Morgan fingerprint density at radius 2 is 2.07 bits per heavy atom. The highest BCUT2D eigenvalue weighted by Gasteiger charge is 2.16. The number of aliphatic hydroxyl groups excluding tert-OH is 1. The quantitative estimate of drug-likeness (QED) is 0.381. The van der Waals surface area contributed by atoms with Crippen molar-refractivity contribution in [2.24, 2.45) is 0 Å². The minimum absolute atomic E-state index is 0.00591. The molecule has 0 amide bonds. The van der Waals surface area contributed by atoms with Crippen LogP contribution in [0.25, 0.3) is 10.9 Å². The van der Waals surface area contributed by atoms with Crippen LogP contribution in [0.3, 0.4) is 0 Å². The monoisotopic (exact) mass is 383 g/mol. The number of hydrogen-bond donors (Lipinski definition) is 3. The largest absolute Gasteiger partial charge is 0.491 e. The van der Waals surface area contributed by atoms with Gasteiger partial charge in [0.05, 0.1) is 17.0 Å². The molecule has 0 atom stereocenters. The highest BCUT2D eigenvalue weighted by molar-refractivity contribution is 5.87. The predicted octanol–water partition coefficient (Wildman–Crippen LogP) is 2.95. The van der Waals surface area contributed by atoms with E-state index in [1.165, 1.54) is 6.07 Å². The third-order valence-corrected chi connectivity index (χ3v) is 4.02. The lowest BCUT2D eigenvalue weighted by atomic mass is 10.2. The third kappa shape index (κ3) is 4.44. The number of para-hydroxylation sites is 1. The van der Waals surface area contributed by atoms with Crippen molar-refractivity contribution in [2.45, 2.75) is 13.5 Å². The van der Waals surface area contributed by atoms with E-state index in [9.17, 15) is 10.1 Å². The van der Waals surface area contributed by atoms with Crippen LogP contribution in [0.15, 0.2) is 42.6 Å². The summed E-state index contributed by atoms with van der Waals surface area (Å²) in [5.74, 6) is 1.08. The van der Waals surface area contributed by atoms with Crippen LogP contribution in [0.4, 0.5) is 17.3 Å². The van der Waals surface area contributed by atoms with Crippen LogP contribution in [0.1, 0.15) is 12.5 Å². The topological polar surface area (TPSA) is 122 Å². The lowest BCUT2D eigenvalue weighted by Crippen LogP contribution is -2.08. The first kappa shape index (κ1) is 19.3. The molecule has 1 heterocycles. The van der Waals surface area contributed by atoms with Gasteiger partial charge in [-0.1, -0.05) is 18.2 Å². The maximum atomic E-state index is 11.3. The molecule has 9 heteroatoms. The summed E-state index contributed by atoms with van der Waals surface area (Å²) in [7, 11) is 0. The smallest absolute Gasteiger partial charge is 0.293 e. The van der Waals surface area contributed by atoms with E-state index in [2.05, 4.69) is 20.6 Å². The van der Waals surface area contributed by atoms with Crippen molar-refractivity contribution in [3.05, 3.63) is 58.3 Å². The summed E-state index contributed by atoms with van der Waals surface area (Å²) in [6, 6.07) is 10.6. The van der Waals surface area contributed by atoms with Crippen molar-refractivity contribution in [2.75, 3.05) is 30.4 Å². The Bertz CT molecular complexity index is 980. The second-order valence-electron chi connectivity index (χ2n) is 5.94. The lowest BCUT2D eigenvalue weighted by Gasteiger charge is -2.12. The Hall–Kier alpha value is -3.46. The van der Waals surface area contributed by atoms with Gasteiger partial charge in [-0.2, -0.15) is 0 Å². The molecule has 3 aromatic rings. The van der Waals surface area contributed by atoms with Crippen molar-refractivity contribution in [3.8, 4) is 5.75 Å². The van der Waals surface area contributed by atoms with Crippen molar-refractivity contribution < 1.29 is 14.8 Å². The zero-order valence-electron chi connectivity index (χ0n) is 15.4. The Kier molecular flexibility index (Phi) is 6.18. The number of ether oxygens (including phenoxy) is 1. The van der Waals surface area contributed by atoms with Gasteiger partial charge in [-0.3, -0.25) is 10.1 Å². The van der Waals surface area contributed by atoms with Crippen LogP contribution in [-0.2, 0) is 6.54 Å². The molecular formula is C19H21N5O4. The predicted molar refractivity (Wildman–Crippen MR) is 107 cm³/mol. The molecule has 0 saturated heterocycles.